The molecule has 0 atom stereocenters. The summed E-state index contributed by atoms with van der Waals surface area (Å²) in [5.41, 5.74) is 3.88. The number of rotatable bonds is 19. The number of aromatic nitrogens is 2. The van der Waals surface area contributed by atoms with Crippen molar-refractivity contribution in [2.45, 2.75) is 96.9 Å². The van der Waals surface area contributed by atoms with E-state index in [1.54, 1.807) is 0 Å². The lowest BCUT2D eigenvalue weighted by molar-refractivity contribution is -0.686. The molecule has 0 unspecified atom stereocenters. The zero-order valence-corrected chi connectivity index (χ0v) is 26.0. The van der Waals surface area contributed by atoms with Gasteiger partial charge in [-0.2, -0.15) is 0 Å². The maximum Gasteiger partial charge on any atom is 0.249 e. The molecular weight excluding hydrogens is 542 g/mol. The van der Waals surface area contributed by atoms with Gasteiger partial charge in [-0.05, 0) is 42.3 Å². The number of nitrogens with zero attached hydrogens (tertiary/aromatic N) is 2. The average molecular weight is 589 g/mol. The number of hydrogen-bond donors (Lipinski definition) is 1. The number of carbonyl (C=O) groups excluding carboxylic acids is 1. The number of imidazole rings is 1. The standard InChI is InChI=1S/C36H46ClN3O2/c1-2-3-4-5-6-7-8-9-10-11-12-17-24-42-35-25-30(21-22-33(35)37)26-36(41)38-34-20-14-13-18-31(34)27-39-28-32-19-15-16-23-40(32)29-39/h13-16,18-23,25,28-29H,2-12,17,24,26-27H2,1H3/p+1. The summed E-state index contributed by atoms with van der Waals surface area (Å²) < 4.78 is 10.2. The Bertz CT molecular complexity index is 1350. The van der Waals surface area contributed by atoms with Crippen LogP contribution in [0.5, 0.6) is 5.75 Å². The number of carbonyl (C=O) groups is 1. The van der Waals surface area contributed by atoms with Gasteiger partial charge in [-0.3, -0.25) is 4.79 Å². The molecule has 0 saturated carbocycles. The number of halogens is 1. The van der Waals surface area contributed by atoms with Gasteiger partial charge in [0.2, 0.25) is 12.2 Å². The number of benzene rings is 2. The summed E-state index contributed by atoms with van der Waals surface area (Å²) in [4.78, 5) is 13.0. The summed E-state index contributed by atoms with van der Waals surface area (Å²) in [7, 11) is 0. The normalized spacial score (nSPS) is 11.2. The van der Waals surface area contributed by atoms with Crippen LogP contribution in [0, 0.1) is 0 Å². The van der Waals surface area contributed by atoms with Gasteiger partial charge in [0, 0.05) is 11.3 Å². The maximum atomic E-state index is 13.0. The molecule has 0 radical (unpaired) electrons. The molecule has 2 heterocycles. The second-order valence-corrected chi connectivity index (χ2v) is 11.7. The molecule has 4 aromatic rings. The van der Waals surface area contributed by atoms with Crippen LogP contribution in [0.15, 0.2) is 79.4 Å². The van der Waals surface area contributed by atoms with E-state index in [-0.39, 0.29) is 12.3 Å². The van der Waals surface area contributed by atoms with Crippen molar-refractivity contribution in [3.63, 3.8) is 0 Å². The first kappa shape index (κ1) is 31.6. The van der Waals surface area contributed by atoms with Gasteiger partial charge in [0.1, 0.15) is 18.5 Å². The van der Waals surface area contributed by atoms with Crippen molar-refractivity contribution in [2.75, 3.05) is 11.9 Å². The fraction of sp³-hybridized carbons (Fsp3) is 0.444. The van der Waals surface area contributed by atoms with Gasteiger partial charge in [-0.1, -0.05) is 119 Å². The van der Waals surface area contributed by atoms with Gasteiger partial charge in [0.05, 0.1) is 24.2 Å². The van der Waals surface area contributed by atoms with E-state index in [0.717, 1.165) is 28.8 Å². The Morgan fingerprint density at radius 2 is 1.55 bits per heavy atom. The summed E-state index contributed by atoms with van der Waals surface area (Å²) in [5.74, 6) is 0.589. The van der Waals surface area contributed by atoms with Crippen molar-refractivity contribution in [1.82, 2.24) is 4.40 Å². The molecule has 2 aromatic heterocycles. The summed E-state index contributed by atoms with van der Waals surface area (Å²) in [6, 6.07) is 19.7. The van der Waals surface area contributed by atoms with Crippen molar-refractivity contribution in [1.29, 1.82) is 0 Å². The lowest BCUT2D eigenvalue weighted by atomic mass is 10.1. The minimum absolute atomic E-state index is 0.0660. The zero-order chi connectivity index (χ0) is 29.4. The second kappa shape index (κ2) is 17.6. The molecule has 2 aromatic carbocycles. The Morgan fingerprint density at radius 1 is 0.857 bits per heavy atom. The molecule has 1 N–H and O–H groups in total. The Balaban J connectivity index is 1.18. The Hall–Kier alpha value is -3.31. The highest BCUT2D eigenvalue weighted by molar-refractivity contribution is 6.32. The topological polar surface area (TPSA) is 46.6 Å². The number of para-hydroxylation sites is 1. The van der Waals surface area contributed by atoms with E-state index in [2.05, 4.69) is 45.9 Å². The summed E-state index contributed by atoms with van der Waals surface area (Å²) in [5, 5.41) is 3.69. The molecule has 0 aliphatic carbocycles. The van der Waals surface area contributed by atoms with Crippen LogP contribution in [0.3, 0.4) is 0 Å². The lowest BCUT2D eigenvalue weighted by Crippen LogP contribution is -2.32. The summed E-state index contributed by atoms with van der Waals surface area (Å²) in [6.45, 7) is 3.58. The van der Waals surface area contributed by atoms with Gasteiger partial charge in [0.25, 0.3) is 0 Å². The number of anilines is 1. The van der Waals surface area contributed by atoms with Crippen LogP contribution in [-0.2, 0) is 17.8 Å². The molecule has 0 spiro atoms. The fourth-order valence-electron chi connectivity index (χ4n) is 5.38. The van der Waals surface area contributed by atoms with E-state index >= 15 is 0 Å². The van der Waals surface area contributed by atoms with Gasteiger partial charge >= 0.3 is 0 Å². The first-order valence-corrected chi connectivity index (χ1v) is 16.2. The molecule has 1 amide bonds. The highest BCUT2D eigenvalue weighted by Crippen LogP contribution is 2.26. The maximum absolute atomic E-state index is 13.0. The minimum atomic E-state index is -0.0660. The van der Waals surface area contributed by atoms with Crippen LogP contribution in [0.1, 0.15) is 95.1 Å². The van der Waals surface area contributed by atoms with Gasteiger partial charge in [-0.25, -0.2) is 8.97 Å². The molecule has 6 heteroatoms. The quantitative estimate of drug-likeness (QED) is 0.0876. The van der Waals surface area contributed by atoms with Crippen LogP contribution in [0.4, 0.5) is 5.69 Å². The lowest BCUT2D eigenvalue weighted by Gasteiger charge is -2.12. The van der Waals surface area contributed by atoms with Crippen LogP contribution < -0.4 is 14.6 Å². The highest BCUT2D eigenvalue weighted by atomic mass is 35.5. The van der Waals surface area contributed by atoms with Gasteiger partial charge < -0.3 is 10.1 Å². The molecule has 0 saturated heterocycles. The molecule has 42 heavy (non-hydrogen) atoms. The van der Waals surface area contributed by atoms with Crippen LogP contribution in [0.25, 0.3) is 5.52 Å². The van der Waals surface area contributed by atoms with E-state index in [1.807, 2.05) is 54.7 Å². The number of fused-ring (bicyclic) bond motifs is 1. The predicted octanol–water partition coefficient (Wildman–Crippen LogP) is 9.19. The Kier molecular flexibility index (Phi) is 13.3. The van der Waals surface area contributed by atoms with E-state index in [9.17, 15) is 4.79 Å². The van der Waals surface area contributed by atoms with Crippen molar-refractivity contribution < 1.29 is 14.1 Å². The number of unbranched alkanes of at least 4 members (excludes halogenated alkanes) is 11. The van der Waals surface area contributed by atoms with Crippen molar-refractivity contribution in [2.24, 2.45) is 0 Å². The van der Waals surface area contributed by atoms with Gasteiger partial charge in [0.15, 0.2) is 5.52 Å². The van der Waals surface area contributed by atoms with E-state index in [0.29, 0.717) is 23.9 Å². The number of amides is 1. The second-order valence-electron chi connectivity index (χ2n) is 11.3. The first-order valence-electron chi connectivity index (χ1n) is 15.9. The largest absolute Gasteiger partial charge is 0.492 e. The molecule has 0 fully saturated rings. The van der Waals surface area contributed by atoms with Crippen LogP contribution >= 0.6 is 11.6 Å². The number of pyridine rings is 1. The molecule has 5 nitrogen and oxygen atoms in total. The van der Waals surface area contributed by atoms with Crippen LogP contribution in [-0.4, -0.2) is 16.9 Å². The van der Waals surface area contributed by atoms with E-state index < -0.39 is 0 Å². The number of hydrogen-bond acceptors (Lipinski definition) is 2. The van der Waals surface area contributed by atoms with E-state index in [1.165, 1.54) is 70.6 Å². The van der Waals surface area contributed by atoms with Crippen molar-refractivity contribution in [3.05, 3.63) is 95.5 Å². The zero-order valence-electron chi connectivity index (χ0n) is 25.2. The summed E-state index contributed by atoms with van der Waals surface area (Å²) >= 11 is 6.41. The van der Waals surface area contributed by atoms with E-state index in [4.69, 9.17) is 16.3 Å². The predicted molar refractivity (Wildman–Crippen MR) is 173 cm³/mol. The molecule has 224 valence electrons. The molecule has 0 aliphatic rings. The number of ether oxygens (including phenoxy) is 1. The minimum Gasteiger partial charge on any atom is -0.492 e. The van der Waals surface area contributed by atoms with Crippen LogP contribution in [0.2, 0.25) is 5.02 Å². The Morgan fingerprint density at radius 3 is 2.29 bits per heavy atom. The molecular formula is C36H47ClN3O2+. The Labute approximate surface area is 256 Å². The monoisotopic (exact) mass is 588 g/mol. The SMILES string of the molecule is CCCCCCCCCCCCCCOc1cc(CC(=O)Nc2ccccc2C[n+]2cc3ccccn3c2)ccc1Cl. The average Bonchev–Trinajstić information content (AvgIpc) is 3.40. The molecule has 0 aliphatic heterocycles. The smallest absolute Gasteiger partial charge is 0.249 e. The molecule has 4 rings (SSSR count). The number of nitrogens with one attached hydrogen (secondary N) is 1. The summed E-state index contributed by atoms with van der Waals surface area (Å²) in [6.07, 6.45) is 22.2. The third-order valence-corrected chi connectivity index (χ3v) is 8.07. The van der Waals surface area contributed by atoms with Crippen molar-refractivity contribution >= 4 is 28.7 Å². The third kappa shape index (κ3) is 10.5. The van der Waals surface area contributed by atoms with Crippen molar-refractivity contribution in [3.8, 4) is 5.75 Å². The molecule has 0 bridgehead atoms. The first-order chi connectivity index (χ1) is 20.6. The third-order valence-electron chi connectivity index (χ3n) is 7.75. The fourth-order valence-corrected chi connectivity index (χ4v) is 5.56. The highest BCUT2D eigenvalue weighted by Gasteiger charge is 2.13. The van der Waals surface area contributed by atoms with Gasteiger partial charge in [-0.15, -0.1) is 0 Å².